The Hall–Kier alpha value is -4.79. The Morgan fingerprint density at radius 1 is 1.05 bits per heavy atom. The smallest absolute Gasteiger partial charge is 0.265 e. The first-order valence-corrected chi connectivity index (χ1v) is 11.8. The number of rotatable bonds is 7. The molecule has 0 fully saturated rings. The minimum Gasteiger partial charge on any atom is -0.504 e. The van der Waals surface area contributed by atoms with E-state index in [4.69, 9.17) is 4.74 Å². The maximum atomic E-state index is 13.4. The van der Waals surface area contributed by atoms with Crippen molar-refractivity contribution < 1.29 is 24.9 Å². The van der Waals surface area contributed by atoms with Gasteiger partial charge in [0.2, 0.25) is 11.8 Å². The number of aromatic hydroxyl groups is 3. The van der Waals surface area contributed by atoms with Gasteiger partial charge in [-0.3, -0.25) is 14.0 Å². The van der Waals surface area contributed by atoms with E-state index in [-0.39, 0.29) is 42.5 Å². The number of benzene rings is 2. The van der Waals surface area contributed by atoms with Crippen LogP contribution in [0.2, 0.25) is 0 Å². The highest BCUT2D eigenvalue weighted by Gasteiger charge is 2.30. The third-order valence-corrected chi connectivity index (χ3v) is 6.36. The lowest BCUT2D eigenvalue weighted by molar-refractivity contribution is -0.121. The Labute approximate surface area is 211 Å². The highest BCUT2D eigenvalue weighted by atomic mass is 16.5. The van der Waals surface area contributed by atoms with E-state index in [0.29, 0.717) is 23.4 Å². The topological polar surface area (TPSA) is 133 Å². The number of aromatic nitrogens is 2. The zero-order chi connectivity index (χ0) is 25.9. The number of carbonyl (C=O) groups excluding carboxylic acids is 1. The summed E-state index contributed by atoms with van der Waals surface area (Å²) in [5, 5.41) is 32.8. The normalized spacial score (nSPS) is 13.4. The number of hydrogen-bond donors (Lipinski definition) is 4. The molecule has 4 aromatic rings. The number of hydrogen-bond acceptors (Lipinski definition) is 7. The molecule has 0 aliphatic carbocycles. The molecule has 5 rings (SSSR count). The van der Waals surface area contributed by atoms with Crippen molar-refractivity contribution in [2.24, 2.45) is 0 Å². The van der Waals surface area contributed by atoms with Gasteiger partial charge in [-0.2, -0.15) is 4.98 Å². The molecule has 2 aromatic carbocycles. The van der Waals surface area contributed by atoms with Crippen LogP contribution in [0.5, 0.6) is 23.1 Å². The highest BCUT2D eigenvalue weighted by Crippen LogP contribution is 2.36. The fourth-order valence-electron chi connectivity index (χ4n) is 4.48. The van der Waals surface area contributed by atoms with Crippen molar-refractivity contribution in [1.82, 2.24) is 14.7 Å². The summed E-state index contributed by atoms with van der Waals surface area (Å²) in [4.78, 5) is 30.7. The van der Waals surface area contributed by atoms with Crippen molar-refractivity contribution in [3.8, 4) is 23.1 Å². The zero-order valence-corrected chi connectivity index (χ0v) is 19.8. The van der Waals surface area contributed by atoms with Gasteiger partial charge in [0.05, 0.1) is 5.56 Å². The molecule has 1 aliphatic heterocycles. The Bertz CT molecular complexity index is 1580. The van der Waals surface area contributed by atoms with Gasteiger partial charge >= 0.3 is 0 Å². The van der Waals surface area contributed by atoms with Crippen LogP contribution in [-0.4, -0.2) is 43.8 Å². The SMILES string of the molecule is O=C(C[C@@H](C1=Cc2ccccc2OC1)c1c(O)nc2ccccn2c1=O)NCCc1ccc(O)c(O)c1. The average molecular weight is 500 g/mol. The van der Waals surface area contributed by atoms with E-state index in [1.54, 1.807) is 30.5 Å². The van der Waals surface area contributed by atoms with E-state index in [2.05, 4.69) is 10.3 Å². The number of phenols is 2. The summed E-state index contributed by atoms with van der Waals surface area (Å²) in [6.07, 6.45) is 3.77. The van der Waals surface area contributed by atoms with E-state index >= 15 is 0 Å². The molecule has 188 valence electrons. The lowest BCUT2D eigenvalue weighted by atomic mass is 9.87. The standard InChI is InChI=1S/C28H25N3O6/c32-21-9-8-17(13-22(21)33)10-11-29-25(34)15-20(19-14-18-5-1-2-6-23(18)37-16-19)26-27(35)30-24-7-3-4-12-31(24)28(26)36/h1-9,12-14,20,32-33,35H,10-11,15-16H2,(H,29,34)/t20-/m0/s1. The molecular formula is C28H25N3O6. The summed E-state index contributed by atoms with van der Waals surface area (Å²) in [6.45, 7) is 0.424. The van der Waals surface area contributed by atoms with Crippen molar-refractivity contribution in [2.75, 3.05) is 13.2 Å². The van der Waals surface area contributed by atoms with Gasteiger partial charge in [-0.05, 0) is 54.0 Å². The van der Waals surface area contributed by atoms with Gasteiger partial charge in [-0.1, -0.05) is 30.3 Å². The van der Waals surface area contributed by atoms with Crippen LogP contribution in [0.1, 0.15) is 29.0 Å². The Balaban J connectivity index is 1.44. The number of fused-ring (bicyclic) bond motifs is 2. The second-order valence-electron chi connectivity index (χ2n) is 8.81. The van der Waals surface area contributed by atoms with Crippen LogP contribution < -0.4 is 15.6 Å². The fraction of sp³-hybridized carbons (Fsp3) is 0.179. The third kappa shape index (κ3) is 4.97. The molecule has 1 aliphatic rings. The molecule has 0 unspecified atom stereocenters. The second-order valence-corrected chi connectivity index (χ2v) is 8.81. The molecule has 1 atom stereocenters. The fourth-order valence-corrected chi connectivity index (χ4v) is 4.48. The predicted molar refractivity (Wildman–Crippen MR) is 137 cm³/mol. The number of pyridine rings is 1. The number of amides is 1. The van der Waals surface area contributed by atoms with Gasteiger partial charge in [0.1, 0.15) is 18.0 Å². The first-order chi connectivity index (χ1) is 17.9. The van der Waals surface area contributed by atoms with Crippen LogP contribution in [0, 0.1) is 0 Å². The molecule has 0 spiro atoms. The van der Waals surface area contributed by atoms with Crippen LogP contribution in [0.3, 0.4) is 0 Å². The number of para-hydroxylation sites is 1. The molecule has 0 radical (unpaired) electrons. The van der Waals surface area contributed by atoms with E-state index in [9.17, 15) is 24.9 Å². The van der Waals surface area contributed by atoms with Crippen molar-refractivity contribution in [3.05, 3.63) is 99.5 Å². The molecule has 3 heterocycles. The second kappa shape index (κ2) is 10.1. The van der Waals surface area contributed by atoms with Gasteiger partial charge in [0, 0.05) is 30.6 Å². The van der Waals surface area contributed by atoms with E-state index in [1.807, 2.05) is 30.3 Å². The molecule has 9 nitrogen and oxygen atoms in total. The Kier molecular flexibility index (Phi) is 6.51. The number of carbonyl (C=O) groups is 1. The lowest BCUT2D eigenvalue weighted by Crippen LogP contribution is -2.31. The zero-order valence-electron chi connectivity index (χ0n) is 19.8. The van der Waals surface area contributed by atoms with Crippen molar-refractivity contribution in [3.63, 3.8) is 0 Å². The molecule has 0 saturated heterocycles. The Morgan fingerprint density at radius 2 is 1.86 bits per heavy atom. The number of ether oxygens (including phenoxy) is 1. The lowest BCUT2D eigenvalue weighted by Gasteiger charge is -2.25. The maximum Gasteiger partial charge on any atom is 0.265 e. The first-order valence-electron chi connectivity index (χ1n) is 11.8. The minimum atomic E-state index is -0.775. The summed E-state index contributed by atoms with van der Waals surface area (Å²) in [5.41, 5.74) is 2.09. The average Bonchev–Trinajstić information content (AvgIpc) is 2.90. The highest BCUT2D eigenvalue weighted by molar-refractivity contribution is 5.78. The van der Waals surface area contributed by atoms with E-state index < -0.39 is 17.4 Å². The van der Waals surface area contributed by atoms with Crippen molar-refractivity contribution in [2.45, 2.75) is 18.8 Å². The maximum absolute atomic E-state index is 13.4. The van der Waals surface area contributed by atoms with Gasteiger partial charge in [0.25, 0.3) is 5.56 Å². The largest absolute Gasteiger partial charge is 0.504 e. The van der Waals surface area contributed by atoms with Crippen LogP contribution >= 0.6 is 0 Å². The van der Waals surface area contributed by atoms with Gasteiger partial charge < -0.3 is 25.4 Å². The van der Waals surface area contributed by atoms with E-state index in [0.717, 1.165) is 11.1 Å². The predicted octanol–water partition coefficient (Wildman–Crippen LogP) is 3.12. The van der Waals surface area contributed by atoms with Crippen molar-refractivity contribution in [1.29, 1.82) is 0 Å². The molecule has 37 heavy (non-hydrogen) atoms. The van der Waals surface area contributed by atoms with Gasteiger partial charge in [-0.25, -0.2) is 0 Å². The first kappa shape index (κ1) is 23.9. The number of phenolic OH excluding ortho intramolecular Hbond substituents is 2. The summed E-state index contributed by atoms with van der Waals surface area (Å²) in [5.74, 6) is -1.27. The molecular weight excluding hydrogens is 474 g/mol. The molecule has 0 saturated carbocycles. The molecule has 4 N–H and O–H groups in total. The summed E-state index contributed by atoms with van der Waals surface area (Å²) >= 11 is 0. The number of nitrogens with one attached hydrogen (secondary N) is 1. The van der Waals surface area contributed by atoms with Gasteiger partial charge in [-0.15, -0.1) is 0 Å². The molecule has 2 aromatic heterocycles. The van der Waals surface area contributed by atoms with Crippen LogP contribution in [0.25, 0.3) is 11.7 Å². The van der Waals surface area contributed by atoms with Crippen LogP contribution in [-0.2, 0) is 11.2 Å². The molecule has 0 bridgehead atoms. The quantitative estimate of drug-likeness (QED) is 0.287. The van der Waals surface area contributed by atoms with E-state index in [1.165, 1.54) is 16.5 Å². The van der Waals surface area contributed by atoms with Crippen LogP contribution in [0.4, 0.5) is 0 Å². The summed E-state index contributed by atoms with van der Waals surface area (Å²) < 4.78 is 7.23. The summed E-state index contributed by atoms with van der Waals surface area (Å²) in [7, 11) is 0. The van der Waals surface area contributed by atoms with Crippen molar-refractivity contribution >= 4 is 17.6 Å². The summed E-state index contributed by atoms with van der Waals surface area (Å²) in [6, 6.07) is 17.0. The van der Waals surface area contributed by atoms with Gasteiger partial charge in [0.15, 0.2) is 11.5 Å². The third-order valence-electron chi connectivity index (χ3n) is 6.36. The monoisotopic (exact) mass is 499 g/mol. The molecule has 9 heteroatoms. The molecule has 1 amide bonds. The minimum absolute atomic E-state index is 0.0246. The Morgan fingerprint density at radius 3 is 2.70 bits per heavy atom. The van der Waals surface area contributed by atoms with Crippen LogP contribution in [0.15, 0.2) is 77.2 Å². The number of nitrogens with zero attached hydrogens (tertiary/aromatic N) is 2.